The van der Waals surface area contributed by atoms with E-state index in [0.29, 0.717) is 17.0 Å². The Kier molecular flexibility index (Phi) is 4.17. The summed E-state index contributed by atoms with van der Waals surface area (Å²) in [4.78, 5) is 18.0. The molecule has 0 unspecified atom stereocenters. The van der Waals surface area contributed by atoms with Crippen LogP contribution in [0, 0.1) is 6.92 Å². The van der Waals surface area contributed by atoms with Gasteiger partial charge in [-0.05, 0) is 37.5 Å². The van der Waals surface area contributed by atoms with Gasteiger partial charge in [0.15, 0.2) is 0 Å². The standard InChI is InChI=1S/C22H18ClN5/c1-13-17-9-15(10-19(23)21(17)26-12-25-13)18-11-24-22(27-16-7-8-16)28-20(18)14-5-3-2-4-6-14/h2-6,9-12,16H,7-8H2,1H3,(H,24,27,28). The molecule has 5 rings (SSSR count). The predicted octanol–water partition coefficient (Wildman–Crippen LogP) is 5.29. The summed E-state index contributed by atoms with van der Waals surface area (Å²) in [7, 11) is 0. The second-order valence-corrected chi connectivity index (χ2v) is 7.46. The number of hydrogen-bond acceptors (Lipinski definition) is 5. The largest absolute Gasteiger partial charge is 0.351 e. The van der Waals surface area contributed by atoms with Crippen LogP contribution in [0.2, 0.25) is 5.02 Å². The van der Waals surface area contributed by atoms with Crippen LogP contribution in [0.15, 0.2) is 55.0 Å². The van der Waals surface area contributed by atoms with E-state index in [1.165, 1.54) is 12.8 Å². The fraction of sp³-hybridized carbons (Fsp3) is 0.182. The topological polar surface area (TPSA) is 63.6 Å². The van der Waals surface area contributed by atoms with Crippen LogP contribution in [-0.4, -0.2) is 26.0 Å². The van der Waals surface area contributed by atoms with Gasteiger partial charge in [-0.25, -0.2) is 19.9 Å². The van der Waals surface area contributed by atoms with Gasteiger partial charge in [0.2, 0.25) is 5.95 Å². The molecule has 6 heteroatoms. The summed E-state index contributed by atoms with van der Waals surface area (Å²) in [6.45, 7) is 1.96. The number of fused-ring (bicyclic) bond motifs is 1. The Bertz CT molecular complexity index is 1170. The molecule has 138 valence electrons. The van der Waals surface area contributed by atoms with Gasteiger partial charge in [0, 0.05) is 34.4 Å². The molecule has 0 amide bonds. The van der Waals surface area contributed by atoms with E-state index in [0.717, 1.165) is 39.0 Å². The van der Waals surface area contributed by atoms with Gasteiger partial charge in [-0.2, -0.15) is 0 Å². The fourth-order valence-electron chi connectivity index (χ4n) is 3.29. The summed E-state index contributed by atoms with van der Waals surface area (Å²) in [5.74, 6) is 0.663. The van der Waals surface area contributed by atoms with Crippen LogP contribution in [0.4, 0.5) is 5.95 Å². The van der Waals surface area contributed by atoms with Crippen LogP contribution in [0.5, 0.6) is 0 Å². The van der Waals surface area contributed by atoms with E-state index < -0.39 is 0 Å². The summed E-state index contributed by atoms with van der Waals surface area (Å²) in [5.41, 5.74) is 5.45. The van der Waals surface area contributed by atoms with Crippen molar-refractivity contribution in [2.45, 2.75) is 25.8 Å². The van der Waals surface area contributed by atoms with Crippen LogP contribution in [0.3, 0.4) is 0 Å². The molecule has 5 nitrogen and oxygen atoms in total. The molecule has 0 atom stereocenters. The quantitative estimate of drug-likeness (QED) is 0.515. The number of aromatic nitrogens is 4. The number of nitrogens with zero attached hydrogens (tertiary/aromatic N) is 4. The molecule has 4 aromatic rings. The van der Waals surface area contributed by atoms with Crippen molar-refractivity contribution in [3.05, 3.63) is 65.7 Å². The highest BCUT2D eigenvalue weighted by atomic mass is 35.5. The Labute approximate surface area is 167 Å². The van der Waals surface area contributed by atoms with Gasteiger partial charge in [0.05, 0.1) is 16.2 Å². The normalized spacial score (nSPS) is 13.6. The molecule has 28 heavy (non-hydrogen) atoms. The number of hydrogen-bond donors (Lipinski definition) is 1. The molecule has 1 aliphatic rings. The molecule has 1 N–H and O–H groups in total. The van der Waals surface area contributed by atoms with E-state index >= 15 is 0 Å². The van der Waals surface area contributed by atoms with Crippen molar-refractivity contribution in [2.75, 3.05) is 5.32 Å². The average Bonchev–Trinajstić information content (AvgIpc) is 3.53. The van der Waals surface area contributed by atoms with Crippen LogP contribution in [-0.2, 0) is 0 Å². The first kappa shape index (κ1) is 17.1. The van der Waals surface area contributed by atoms with E-state index in [-0.39, 0.29) is 0 Å². The van der Waals surface area contributed by atoms with Gasteiger partial charge in [-0.1, -0.05) is 41.9 Å². The summed E-state index contributed by atoms with van der Waals surface area (Å²) >= 11 is 6.55. The third kappa shape index (κ3) is 3.18. The maximum absolute atomic E-state index is 6.55. The summed E-state index contributed by atoms with van der Waals surface area (Å²) < 4.78 is 0. The first-order chi connectivity index (χ1) is 13.7. The zero-order chi connectivity index (χ0) is 19.1. The lowest BCUT2D eigenvalue weighted by molar-refractivity contribution is 1.06. The van der Waals surface area contributed by atoms with Gasteiger partial charge in [-0.3, -0.25) is 0 Å². The molecule has 2 aromatic carbocycles. The highest BCUT2D eigenvalue weighted by Crippen LogP contribution is 2.36. The molecule has 2 aromatic heterocycles. The Hall–Kier alpha value is -3.05. The van der Waals surface area contributed by atoms with E-state index in [9.17, 15) is 0 Å². The predicted molar refractivity (Wildman–Crippen MR) is 112 cm³/mol. The van der Waals surface area contributed by atoms with Crippen LogP contribution < -0.4 is 5.32 Å². The monoisotopic (exact) mass is 387 g/mol. The summed E-state index contributed by atoms with van der Waals surface area (Å²) in [6, 6.07) is 14.6. The average molecular weight is 388 g/mol. The van der Waals surface area contributed by atoms with E-state index in [4.69, 9.17) is 16.6 Å². The number of benzene rings is 2. The van der Waals surface area contributed by atoms with Gasteiger partial charge in [0.25, 0.3) is 0 Å². The van der Waals surface area contributed by atoms with E-state index in [1.807, 2.05) is 37.4 Å². The zero-order valence-electron chi connectivity index (χ0n) is 15.4. The maximum Gasteiger partial charge on any atom is 0.223 e. The maximum atomic E-state index is 6.55. The van der Waals surface area contributed by atoms with Crippen molar-refractivity contribution < 1.29 is 0 Å². The van der Waals surface area contributed by atoms with E-state index in [1.54, 1.807) is 6.33 Å². The van der Waals surface area contributed by atoms with Crippen LogP contribution in [0.1, 0.15) is 18.5 Å². The zero-order valence-corrected chi connectivity index (χ0v) is 16.1. The number of aryl methyl sites for hydroxylation is 1. The highest BCUT2D eigenvalue weighted by molar-refractivity contribution is 6.35. The Balaban J connectivity index is 1.71. The van der Waals surface area contributed by atoms with Gasteiger partial charge in [0.1, 0.15) is 6.33 Å². The van der Waals surface area contributed by atoms with Crippen molar-refractivity contribution in [3.63, 3.8) is 0 Å². The van der Waals surface area contributed by atoms with Crippen molar-refractivity contribution >= 4 is 28.5 Å². The Morgan fingerprint density at radius 3 is 2.61 bits per heavy atom. The second-order valence-electron chi connectivity index (χ2n) is 7.05. The van der Waals surface area contributed by atoms with Gasteiger partial charge < -0.3 is 5.32 Å². The van der Waals surface area contributed by atoms with Crippen molar-refractivity contribution in [1.29, 1.82) is 0 Å². The molecule has 0 aliphatic heterocycles. The smallest absolute Gasteiger partial charge is 0.223 e. The number of halogens is 1. The molecular formula is C22H18ClN5. The number of anilines is 1. The lowest BCUT2D eigenvalue weighted by atomic mass is 9.99. The molecule has 1 aliphatic carbocycles. The minimum absolute atomic E-state index is 0.490. The van der Waals surface area contributed by atoms with Gasteiger partial charge in [-0.15, -0.1) is 0 Å². The molecule has 2 heterocycles. The third-order valence-electron chi connectivity index (χ3n) is 4.95. The molecule has 0 radical (unpaired) electrons. The first-order valence-corrected chi connectivity index (χ1v) is 9.67. The SMILES string of the molecule is Cc1ncnc2c(Cl)cc(-c3cnc(NC4CC4)nc3-c3ccccc3)cc12. The van der Waals surface area contributed by atoms with Crippen molar-refractivity contribution in [2.24, 2.45) is 0 Å². The first-order valence-electron chi connectivity index (χ1n) is 9.29. The molecule has 1 fully saturated rings. The number of rotatable bonds is 4. The number of nitrogens with one attached hydrogen (secondary N) is 1. The molecule has 0 saturated heterocycles. The highest BCUT2D eigenvalue weighted by Gasteiger charge is 2.23. The second kappa shape index (κ2) is 6.84. The van der Waals surface area contributed by atoms with Crippen molar-refractivity contribution in [3.8, 4) is 22.4 Å². The summed E-state index contributed by atoms with van der Waals surface area (Å²) in [6.07, 6.45) is 5.76. The van der Waals surface area contributed by atoms with Crippen LogP contribution >= 0.6 is 11.6 Å². The lowest BCUT2D eigenvalue weighted by Crippen LogP contribution is -2.06. The van der Waals surface area contributed by atoms with Gasteiger partial charge >= 0.3 is 0 Å². The van der Waals surface area contributed by atoms with Crippen molar-refractivity contribution in [1.82, 2.24) is 19.9 Å². The molecule has 0 bridgehead atoms. The molecule has 0 spiro atoms. The third-order valence-corrected chi connectivity index (χ3v) is 5.24. The molecule has 1 saturated carbocycles. The van der Waals surface area contributed by atoms with Crippen LogP contribution in [0.25, 0.3) is 33.3 Å². The minimum Gasteiger partial charge on any atom is -0.351 e. The fourth-order valence-corrected chi connectivity index (χ4v) is 3.56. The molecular weight excluding hydrogens is 370 g/mol. The Morgan fingerprint density at radius 1 is 1.00 bits per heavy atom. The lowest BCUT2D eigenvalue weighted by Gasteiger charge is -2.13. The summed E-state index contributed by atoms with van der Waals surface area (Å²) in [5, 5.41) is 4.92. The van der Waals surface area contributed by atoms with E-state index in [2.05, 4.69) is 38.5 Å². The minimum atomic E-state index is 0.490. The Morgan fingerprint density at radius 2 is 1.82 bits per heavy atom.